The molecular weight excluding hydrogens is 278 g/mol. The number of rotatable bonds is 1. The SMILES string of the molecule is Brc1cccc(-c2ccc3ncncc3n2)c1. The van der Waals surface area contributed by atoms with Gasteiger partial charge in [0, 0.05) is 10.0 Å². The summed E-state index contributed by atoms with van der Waals surface area (Å²) in [7, 11) is 0. The van der Waals surface area contributed by atoms with E-state index in [1.54, 1.807) is 6.20 Å². The summed E-state index contributed by atoms with van der Waals surface area (Å²) in [5, 5.41) is 0. The van der Waals surface area contributed by atoms with E-state index >= 15 is 0 Å². The maximum absolute atomic E-state index is 4.54. The van der Waals surface area contributed by atoms with Gasteiger partial charge in [0.15, 0.2) is 0 Å². The summed E-state index contributed by atoms with van der Waals surface area (Å²) in [5.41, 5.74) is 3.67. The fraction of sp³-hybridized carbons (Fsp3) is 0. The van der Waals surface area contributed by atoms with Crippen LogP contribution in [0.3, 0.4) is 0 Å². The van der Waals surface area contributed by atoms with Crippen LogP contribution in [0.2, 0.25) is 0 Å². The molecule has 0 spiro atoms. The van der Waals surface area contributed by atoms with E-state index in [4.69, 9.17) is 0 Å². The van der Waals surface area contributed by atoms with Gasteiger partial charge in [-0.05, 0) is 24.3 Å². The van der Waals surface area contributed by atoms with E-state index in [9.17, 15) is 0 Å². The van der Waals surface area contributed by atoms with Crippen molar-refractivity contribution in [2.75, 3.05) is 0 Å². The monoisotopic (exact) mass is 285 g/mol. The highest BCUT2D eigenvalue weighted by Crippen LogP contribution is 2.22. The molecule has 2 aromatic heterocycles. The van der Waals surface area contributed by atoms with Gasteiger partial charge in [-0.2, -0.15) is 0 Å². The lowest BCUT2D eigenvalue weighted by Crippen LogP contribution is -1.88. The zero-order valence-corrected chi connectivity index (χ0v) is 10.4. The number of halogens is 1. The molecule has 1 aromatic carbocycles. The first-order valence-corrected chi connectivity index (χ1v) is 5.95. The fourth-order valence-corrected chi connectivity index (χ4v) is 2.08. The maximum Gasteiger partial charge on any atom is 0.116 e. The van der Waals surface area contributed by atoms with E-state index in [2.05, 4.69) is 30.9 Å². The quantitative estimate of drug-likeness (QED) is 0.687. The average Bonchev–Trinajstić information content (AvgIpc) is 2.38. The number of hydrogen-bond donors (Lipinski definition) is 0. The lowest BCUT2D eigenvalue weighted by atomic mass is 10.1. The highest BCUT2D eigenvalue weighted by Gasteiger charge is 2.02. The van der Waals surface area contributed by atoms with Gasteiger partial charge in [-0.25, -0.2) is 15.0 Å². The molecule has 3 rings (SSSR count). The van der Waals surface area contributed by atoms with E-state index in [0.29, 0.717) is 0 Å². The Kier molecular flexibility index (Phi) is 2.57. The third-order valence-corrected chi connectivity index (χ3v) is 2.98. The summed E-state index contributed by atoms with van der Waals surface area (Å²) in [6, 6.07) is 12.0. The van der Waals surface area contributed by atoms with Gasteiger partial charge in [-0.1, -0.05) is 28.1 Å². The van der Waals surface area contributed by atoms with Crippen molar-refractivity contribution < 1.29 is 0 Å². The van der Waals surface area contributed by atoms with E-state index in [1.165, 1.54) is 6.33 Å². The van der Waals surface area contributed by atoms with Crippen LogP contribution in [-0.2, 0) is 0 Å². The minimum absolute atomic E-state index is 0.810. The Morgan fingerprint density at radius 1 is 1.00 bits per heavy atom. The lowest BCUT2D eigenvalue weighted by Gasteiger charge is -2.02. The van der Waals surface area contributed by atoms with E-state index in [-0.39, 0.29) is 0 Å². The highest BCUT2D eigenvalue weighted by atomic mass is 79.9. The number of pyridine rings is 1. The van der Waals surface area contributed by atoms with E-state index < -0.39 is 0 Å². The van der Waals surface area contributed by atoms with Crippen LogP contribution < -0.4 is 0 Å². The standard InChI is InChI=1S/C13H8BrN3/c14-10-3-1-2-9(6-10)11-4-5-12-13(17-11)7-15-8-16-12/h1-8H. The van der Waals surface area contributed by atoms with Crippen molar-refractivity contribution in [2.45, 2.75) is 0 Å². The Labute approximate surface area is 107 Å². The largest absolute Gasteiger partial charge is 0.245 e. The fourth-order valence-electron chi connectivity index (χ4n) is 1.68. The van der Waals surface area contributed by atoms with Crippen LogP contribution in [0, 0.1) is 0 Å². The molecule has 0 amide bonds. The van der Waals surface area contributed by atoms with Gasteiger partial charge in [-0.3, -0.25) is 0 Å². The third-order valence-electron chi connectivity index (χ3n) is 2.48. The van der Waals surface area contributed by atoms with Gasteiger partial charge in [0.1, 0.15) is 11.8 Å². The van der Waals surface area contributed by atoms with E-state index in [1.807, 2.05) is 36.4 Å². The Balaban J connectivity index is 2.18. The smallest absolute Gasteiger partial charge is 0.116 e. The molecule has 2 heterocycles. The van der Waals surface area contributed by atoms with Crippen LogP contribution in [0.1, 0.15) is 0 Å². The summed E-state index contributed by atoms with van der Waals surface area (Å²) in [6.45, 7) is 0. The summed E-state index contributed by atoms with van der Waals surface area (Å²) >= 11 is 3.46. The normalized spacial score (nSPS) is 10.6. The Bertz CT molecular complexity index is 682. The first kappa shape index (κ1) is 10.4. The maximum atomic E-state index is 4.54. The van der Waals surface area contributed by atoms with Gasteiger partial charge in [0.25, 0.3) is 0 Å². The van der Waals surface area contributed by atoms with E-state index in [0.717, 1.165) is 26.8 Å². The third kappa shape index (κ3) is 2.03. The summed E-state index contributed by atoms with van der Waals surface area (Å²) in [5.74, 6) is 0. The second-order valence-electron chi connectivity index (χ2n) is 3.63. The molecule has 82 valence electrons. The van der Waals surface area contributed by atoms with Crippen molar-refractivity contribution in [3.63, 3.8) is 0 Å². The molecule has 0 radical (unpaired) electrons. The molecular formula is C13H8BrN3. The van der Waals surface area contributed by atoms with Gasteiger partial charge < -0.3 is 0 Å². The molecule has 0 unspecified atom stereocenters. The van der Waals surface area contributed by atoms with Gasteiger partial charge in [0.2, 0.25) is 0 Å². The Hall–Kier alpha value is -1.81. The summed E-state index contributed by atoms with van der Waals surface area (Å²) in [4.78, 5) is 12.7. The zero-order valence-electron chi connectivity index (χ0n) is 8.84. The number of nitrogens with zero attached hydrogens (tertiary/aromatic N) is 3. The topological polar surface area (TPSA) is 38.7 Å². The molecule has 0 aliphatic rings. The van der Waals surface area contributed by atoms with Crippen LogP contribution in [0.25, 0.3) is 22.3 Å². The highest BCUT2D eigenvalue weighted by molar-refractivity contribution is 9.10. The molecule has 0 fully saturated rings. The minimum atomic E-state index is 0.810. The Morgan fingerprint density at radius 3 is 2.82 bits per heavy atom. The zero-order chi connectivity index (χ0) is 11.7. The number of fused-ring (bicyclic) bond motifs is 1. The van der Waals surface area contributed by atoms with Crippen LogP contribution >= 0.6 is 15.9 Å². The van der Waals surface area contributed by atoms with Crippen LogP contribution in [0.5, 0.6) is 0 Å². The predicted molar refractivity (Wildman–Crippen MR) is 70.5 cm³/mol. The predicted octanol–water partition coefficient (Wildman–Crippen LogP) is 3.45. The van der Waals surface area contributed by atoms with Crippen molar-refractivity contribution in [3.05, 3.63) is 53.4 Å². The summed E-state index contributed by atoms with van der Waals surface area (Å²) in [6.07, 6.45) is 3.26. The van der Waals surface area contributed by atoms with Gasteiger partial charge >= 0.3 is 0 Å². The van der Waals surface area contributed by atoms with Crippen molar-refractivity contribution >= 4 is 27.0 Å². The minimum Gasteiger partial charge on any atom is -0.245 e. The number of aromatic nitrogens is 3. The second kappa shape index (κ2) is 4.22. The first-order valence-electron chi connectivity index (χ1n) is 5.16. The van der Waals surface area contributed by atoms with Gasteiger partial charge in [-0.15, -0.1) is 0 Å². The molecule has 0 atom stereocenters. The Morgan fingerprint density at radius 2 is 1.94 bits per heavy atom. The van der Waals surface area contributed by atoms with Crippen molar-refractivity contribution in [1.29, 1.82) is 0 Å². The average molecular weight is 286 g/mol. The molecule has 0 aliphatic heterocycles. The number of hydrogen-bond acceptors (Lipinski definition) is 3. The molecule has 4 heteroatoms. The van der Waals surface area contributed by atoms with Crippen LogP contribution in [0.4, 0.5) is 0 Å². The summed E-state index contributed by atoms with van der Waals surface area (Å²) < 4.78 is 1.04. The molecule has 0 N–H and O–H groups in total. The first-order chi connectivity index (χ1) is 8.33. The second-order valence-corrected chi connectivity index (χ2v) is 4.55. The van der Waals surface area contributed by atoms with Crippen molar-refractivity contribution in [1.82, 2.24) is 15.0 Å². The van der Waals surface area contributed by atoms with Crippen molar-refractivity contribution in [3.8, 4) is 11.3 Å². The molecule has 3 aromatic rings. The van der Waals surface area contributed by atoms with Crippen LogP contribution in [-0.4, -0.2) is 15.0 Å². The van der Waals surface area contributed by atoms with Crippen LogP contribution in [0.15, 0.2) is 53.4 Å². The molecule has 17 heavy (non-hydrogen) atoms. The van der Waals surface area contributed by atoms with Crippen molar-refractivity contribution in [2.24, 2.45) is 0 Å². The molecule has 0 saturated carbocycles. The molecule has 0 saturated heterocycles. The molecule has 0 bridgehead atoms. The lowest BCUT2D eigenvalue weighted by molar-refractivity contribution is 1.20. The molecule has 0 aliphatic carbocycles. The molecule has 3 nitrogen and oxygen atoms in total. The van der Waals surface area contributed by atoms with Gasteiger partial charge in [0.05, 0.1) is 17.4 Å². The number of benzene rings is 1.